The summed E-state index contributed by atoms with van der Waals surface area (Å²) in [4.78, 5) is 43.0. The summed E-state index contributed by atoms with van der Waals surface area (Å²) in [6.07, 6.45) is 1.25. The van der Waals surface area contributed by atoms with Gasteiger partial charge in [0.1, 0.15) is 17.3 Å². The van der Waals surface area contributed by atoms with Crippen molar-refractivity contribution in [1.29, 1.82) is 0 Å². The van der Waals surface area contributed by atoms with Crippen LogP contribution in [-0.4, -0.2) is 28.7 Å². The van der Waals surface area contributed by atoms with Gasteiger partial charge < -0.3 is 13.9 Å². The first-order chi connectivity index (χ1) is 19.6. The van der Waals surface area contributed by atoms with Crippen molar-refractivity contribution in [2.75, 3.05) is 7.11 Å². The standard InChI is InChI=1S/C30H27N3O7S/c1-16(2)39-29(35)26-18(4)31-30-32(27(26)19-9-11-20(38-5)12-10-19)28(34)25(41-30)15-21-13-14-24(40-21)22-7-6-8-23(17(22)3)33(36)37/h6-16,27H,1-5H3/b25-15-/t27-/m0/s1. The number of nitro groups is 1. The fraction of sp³-hybridized carbons (Fsp3) is 0.233. The van der Waals surface area contributed by atoms with E-state index in [4.69, 9.17) is 13.9 Å². The number of methoxy groups -OCH3 is 1. The molecule has 0 N–H and O–H groups in total. The SMILES string of the molecule is COc1ccc([C@H]2C(C(=O)OC(C)C)=C(C)N=c3s/c(=C\c4ccc(-c5cccc([N+](=O)[O-])c5C)o4)c(=O)n32)cc1. The maximum Gasteiger partial charge on any atom is 0.338 e. The van der Waals surface area contributed by atoms with Crippen molar-refractivity contribution in [2.45, 2.75) is 39.8 Å². The third kappa shape index (κ3) is 5.23. The molecule has 210 valence electrons. The number of rotatable bonds is 7. The monoisotopic (exact) mass is 573 g/mol. The smallest absolute Gasteiger partial charge is 0.338 e. The van der Waals surface area contributed by atoms with E-state index < -0.39 is 16.9 Å². The molecule has 41 heavy (non-hydrogen) atoms. The number of nitro benzene ring substituents is 1. The van der Waals surface area contributed by atoms with Crippen molar-refractivity contribution in [3.8, 4) is 17.1 Å². The first-order valence-corrected chi connectivity index (χ1v) is 13.6. The van der Waals surface area contributed by atoms with Crippen LogP contribution in [0.3, 0.4) is 0 Å². The Morgan fingerprint density at radius 2 is 1.88 bits per heavy atom. The van der Waals surface area contributed by atoms with Gasteiger partial charge in [0.15, 0.2) is 4.80 Å². The third-order valence-electron chi connectivity index (χ3n) is 6.68. The van der Waals surface area contributed by atoms with Gasteiger partial charge in [0.2, 0.25) is 0 Å². The summed E-state index contributed by atoms with van der Waals surface area (Å²) in [5.41, 5.74) is 2.16. The summed E-state index contributed by atoms with van der Waals surface area (Å²) in [5, 5.41) is 11.4. The van der Waals surface area contributed by atoms with Crippen molar-refractivity contribution >= 4 is 29.1 Å². The zero-order valence-electron chi connectivity index (χ0n) is 23.0. The van der Waals surface area contributed by atoms with Crippen molar-refractivity contribution in [3.05, 3.63) is 113 Å². The van der Waals surface area contributed by atoms with Gasteiger partial charge in [-0.05, 0) is 57.5 Å². The molecule has 4 aromatic rings. The zero-order valence-corrected chi connectivity index (χ0v) is 23.9. The van der Waals surface area contributed by atoms with Crippen LogP contribution in [0.1, 0.15) is 43.7 Å². The lowest BCUT2D eigenvalue weighted by Gasteiger charge is -2.25. The van der Waals surface area contributed by atoms with E-state index in [1.54, 1.807) is 77.3 Å². The second-order valence-corrected chi connectivity index (χ2v) is 10.7. The van der Waals surface area contributed by atoms with Crippen LogP contribution in [0.4, 0.5) is 5.69 Å². The number of hydrogen-bond donors (Lipinski definition) is 0. The molecule has 2 aromatic heterocycles. The number of carbonyl (C=O) groups is 1. The first kappa shape index (κ1) is 27.8. The molecule has 5 rings (SSSR count). The Morgan fingerprint density at radius 1 is 1.15 bits per heavy atom. The zero-order chi connectivity index (χ0) is 29.4. The molecule has 0 saturated heterocycles. The molecule has 2 aromatic carbocycles. The van der Waals surface area contributed by atoms with Crippen molar-refractivity contribution in [2.24, 2.45) is 4.99 Å². The number of benzene rings is 2. The lowest BCUT2D eigenvalue weighted by Crippen LogP contribution is -2.40. The van der Waals surface area contributed by atoms with Crippen LogP contribution in [0.2, 0.25) is 0 Å². The van der Waals surface area contributed by atoms with Crippen LogP contribution < -0.4 is 19.6 Å². The minimum Gasteiger partial charge on any atom is -0.497 e. The van der Waals surface area contributed by atoms with E-state index in [1.807, 2.05) is 12.1 Å². The number of aromatic nitrogens is 1. The lowest BCUT2D eigenvalue weighted by molar-refractivity contribution is -0.385. The van der Waals surface area contributed by atoms with Crippen LogP contribution in [0.15, 0.2) is 80.1 Å². The molecule has 0 unspecified atom stereocenters. The number of thiazole rings is 1. The molecule has 0 spiro atoms. The topological polar surface area (TPSA) is 126 Å². The Balaban J connectivity index is 1.62. The number of allylic oxidation sites excluding steroid dienone is 1. The highest BCUT2D eigenvalue weighted by atomic mass is 32.1. The molecule has 0 bridgehead atoms. The maximum absolute atomic E-state index is 13.8. The number of nitrogens with zero attached hydrogens (tertiary/aromatic N) is 3. The molecule has 11 heteroatoms. The third-order valence-corrected chi connectivity index (χ3v) is 7.67. The Morgan fingerprint density at radius 3 is 2.54 bits per heavy atom. The van der Waals surface area contributed by atoms with Crippen LogP contribution in [0, 0.1) is 17.0 Å². The van der Waals surface area contributed by atoms with Crippen molar-refractivity contribution < 1.29 is 23.6 Å². The highest BCUT2D eigenvalue weighted by molar-refractivity contribution is 7.07. The van der Waals surface area contributed by atoms with E-state index in [-0.39, 0.29) is 22.9 Å². The summed E-state index contributed by atoms with van der Waals surface area (Å²) in [7, 11) is 1.56. The number of carbonyl (C=O) groups excluding carboxylic acids is 1. The molecule has 10 nitrogen and oxygen atoms in total. The van der Waals surface area contributed by atoms with Gasteiger partial charge in [-0.3, -0.25) is 19.5 Å². The summed E-state index contributed by atoms with van der Waals surface area (Å²) in [5.74, 6) is 0.934. The van der Waals surface area contributed by atoms with E-state index in [0.29, 0.717) is 49.0 Å². The van der Waals surface area contributed by atoms with Crippen LogP contribution in [0.25, 0.3) is 17.4 Å². The highest BCUT2D eigenvalue weighted by Gasteiger charge is 2.34. The number of fused-ring (bicyclic) bond motifs is 1. The van der Waals surface area contributed by atoms with Gasteiger partial charge in [-0.1, -0.05) is 35.6 Å². The quantitative estimate of drug-likeness (QED) is 0.179. The highest BCUT2D eigenvalue weighted by Crippen LogP contribution is 2.33. The summed E-state index contributed by atoms with van der Waals surface area (Å²) in [6.45, 7) is 6.91. The molecule has 0 amide bonds. The second-order valence-electron chi connectivity index (χ2n) is 9.72. The van der Waals surface area contributed by atoms with Crippen LogP contribution in [-0.2, 0) is 9.53 Å². The van der Waals surface area contributed by atoms with E-state index in [1.165, 1.54) is 22.0 Å². The van der Waals surface area contributed by atoms with E-state index in [2.05, 4.69) is 4.99 Å². The molecule has 0 radical (unpaired) electrons. The molecule has 3 heterocycles. The summed E-state index contributed by atoms with van der Waals surface area (Å²) < 4.78 is 18.7. The van der Waals surface area contributed by atoms with Gasteiger partial charge in [0, 0.05) is 23.3 Å². The predicted molar refractivity (Wildman–Crippen MR) is 154 cm³/mol. The molecular weight excluding hydrogens is 546 g/mol. The normalized spacial score (nSPS) is 15.1. The molecule has 1 atom stereocenters. The van der Waals surface area contributed by atoms with Gasteiger partial charge in [0.25, 0.3) is 11.2 Å². The lowest BCUT2D eigenvalue weighted by atomic mass is 9.96. The van der Waals surface area contributed by atoms with Gasteiger partial charge in [0.05, 0.1) is 40.0 Å². The minimum atomic E-state index is -0.759. The Kier molecular flexibility index (Phi) is 7.46. The van der Waals surface area contributed by atoms with Gasteiger partial charge in [-0.15, -0.1) is 0 Å². The number of furan rings is 1. The van der Waals surface area contributed by atoms with E-state index in [9.17, 15) is 19.7 Å². The fourth-order valence-corrected chi connectivity index (χ4v) is 5.78. The molecule has 0 aliphatic carbocycles. The average molecular weight is 574 g/mol. The fourth-order valence-electron chi connectivity index (χ4n) is 4.75. The minimum absolute atomic E-state index is 0.00513. The van der Waals surface area contributed by atoms with Crippen molar-refractivity contribution in [3.63, 3.8) is 0 Å². The van der Waals surface area contributed by atoms with Gasteiger partial charge in [-0.2, -0.15) is 0 Å². The van der Waals surface area contributed by atoms with Gasteiger partial charge in [-0.25, -0.2) is 9.79 Å². The Bertz CT molecular complexity index is 1880. The van der Waals surface area contributed by atoms with Crippen molar-refractivity contribution in [1.82, 2.24) is 4.57 Å². The molecule has 0 saturated carbocycles. The van der Waals surface area contributed by atoms with Crippen LogP contribution >= 0.6 is 11.3 Å². The average Bonchev–Trinajstić information content (AvgIpc) is 3.51. The van der Waals surface area contributed by atoms with Crippen LogP contribution in [0.5, 0.6) is 5.75 Å². The number of esters is 1. The summed E-state index contributed by atoms with van der Waals surface area (Å²) in [6, 6.07) is 14.6. The Labute approximate surface area is 238 Å². The second kappa shape index (κ2) is 11.0. The molecule has 0 fully saturated rings. The van der Waals surface area contributed by atoms with E-state index >= 15 is 0 Å². The predicted octanol–water partition coefficient (Wildman–Crippen LogP) is 4.67. The van der Waals surface area contributed by atoms with E-state index in [0.717, 1.165) is 0 Å². The maximum atomic E-state index is 13.8. The molecule has 1 aliphatic rings. The largest absolute Gasteiger partial charge is 0.497 e. The molecular formula is C30H27N3O7S. The number of ether oxygens (including phenoxy) is 2. The number of hydrogen-bond acceptors (Lipinski definition) is 9. The molecule has 1 aliphatic heterocycles. The van der Waals surface area contributed by atoms with Gasteiger partial charge >= 0.3 is 5.97 Å². The first-order valence-electron chi connectivity index (χ1n) is 12.8. The Hall–Kier alpha value is -4.77. The summed E-state index contributed by atoms with van der Waals surface area (Å²) >= 11 is 1.18.